The van der Waals surface area contributed by atoms with Gasteiger partial charge in [-0.3, -0.25) is 4.99 Å². The first-order chi connectivity index (χ1) is 12.2. The first-order valence-corrected chi connectivity index (χ1v) is 8.76. The first kappa shape index (κ1) is 17.4. The fourth-order valence-electron chi connectivity index (χ4n) is 2.65. The van der Waals surface area contributed by atoms with E-state index in [4.69, 9.17) is 26.8 Å². The summed E-state index contributed by atoms with van der Waals surface area (Å²) in [7, 11) is 0. The number of benzene rings is 2. The van der Waals surface area contributed by atoms with E-state index in [2.05, 4.69) is 22.4 Å². The molecule has 3 rings (SSSR count). The summed E-state index contributed by atoms with van der Waals surface area (Å²) in [6.45, 7) is 2.42. The van der Waals surface area contributed by atoms with E-state index in [-0.39, 0.29) is 0 Å². The number of nitrogens with zero attached hydrogens (tertiary/aromatic N) is 1. The number of nitrogens with two attached hydrogens (primary N) is 1. The van der Waals surface area contributed by atoms with Gasteiger partial charge in [0.1, 0.15) is 13.2 Å². The fraction of sp³-hybridized carbons (Fsp3) is 0.316. The lowest BCUT2D eigenvalue weighted by Crippen LogP contribution is -2.33. The molecule has 0 radical (unpaired) electrons. The van der Waals surface area contributed by atoms with E-state index in [0.29, 0.717) is 48.8 Å². The summed E-state index contributed by atoms with van der Waals surface area (Å²) in [5, 5.41) is 3.71. The summed E-state index contributed by atoms with van der Waals surface area (Å²) in [5.41, 5.74) is 8.23. The van der Waals surface area contributed by atoms with Gasteiger partial charge >= 0.3 is 0 Å². The maximum Gasteiger partial charge on any atom is 0.188 e. The van der Waals surface area contributed by atoms with Crippen molar-refractivity contribution in [3.8, 4) is 11.5 Å². The number of guanidine groups is 1. The van der Waals surface area contributed by atoms with Gasteiger partial charge < -0.3 is 20.5 Å². The van der Waals surface area contributed by atoms with Crippen molar-refractivity contribution in [3.05, 3.63) is 58.6 Å². The molecule has 0 fully saturated rings. The van der Waals surface area contributed by atoms with Crippen LogP contribution in [-0.4, -0.2) is 32.3 Å². The highest BCUT2D eigenvalue weighted by atomic mass is 35.5. The van der Waals surface area contributed by atoms with Gasteiger partial charge in [0.25, 0.3) is 0 Å². The summed E-state index contributed by atoms with van der Waals surface area (Å²) in [6, 6.07) is 14.1. The lowest BCUT2D eigenvalue weighted by molar-refractivity contribution is 0.171. The Morgan fingerprint density at radius 2 is 1.88 bits per heavy atom. The molecule has 0 aromatic heterocycles. The minimum Gasteiger partial charge on any atom is -0.486 e. The Hall–Kier alpha value is -2.40. The van der Waals surface area contributed by atoms with Crippen molar-refractivity contribution < 1.29 is 9.47 Å². The van der Waals surface area contributed by atoms with E-state index < -0.39 is 0 Å². The maximum absolute atomic E-state index is 6.24. The van der Waals surface area contributed by atoms with Crippen molar-refractivity contribution in [2.45, 2.75) is 12.8 Å². The zero-order chi connectivity index (χ0) is 17.5. The fourth-order valence-corrected chi connectivity index (χ4v) is 2.94. The second-order valence-electron chi connectivity index (χ2n) is 5.78. The monoisotopic (exact) mass is 359 g/mol. The molecule has 0 unspecified atom stereocenters. The molecule has 1 heterocycles. The minimum atomic E-state index is 0.458. The van der Waals surface area contributed by atoms with E-state index in [9.17, 15) is 0 Å². The third-order valence-corrected chi connectivity index (χ3v) is 4.18. The van der Waals surface area contributed by atoms with Crippen molar-refractivity contribution >= 4 is 17.6 Å². The van der Waals surface area contributed by atoms with E-state index in [1.54, 1.807) is 0 Å². The van der Waals surface area contributed by atoms with Crippen LogP contribution in [0.15, 0.2) is 47.5 Å². The molecule has 0 amide bonds. The molecule has 0 saturated carbocycles. The summed E-state index contributed by atoms with van der Waals surface area (Å²) in [4.78, 5) is 4.35. The number of aliphatic imine (C=N–C) groups is 1. The number of rotatable bonds is 6. The predicted molar refractivity (Wildman–Crippen MR) is 101 cm³/mol. The Balaban J connectivity index is 1.46. The second kappa shape index (κ2) is 8.62. The molecule has 2 aromatic carbocycles. The zero-order valence-electron chi connectivity index (χ0n) is 14.0. The van der Waals surface area contributed by atoms with Gasteiger partial charge in [0.15, 0.2) is 17.5 Å². The SMILES string of the molecule is NC(=NCCc1ccccc1)NCCc1cc(Cl)c2c(c1)OCCO2. The molecule has 132 valence electrons. The topological polar surface area (TPSA) is 68.9 Å². The van der Waals surface area contributed by atoms with Crippen molar-refractivity contribution in [1.82, 2.24) is 5.32 Å². The van der Waals surface area contributed by atoms with E-state index >= 15 is 0 Å². The second-order valence-corrected chi connectivity index (χ2v) is 6.19. The minimum absolute atomic E-state index is 0.458. The van der Waals surface area contributed by atoms with E-state index in [1.807, 2.05) is 30.3 Å². The number of nitrogens with one attached hydrogen (secondary N) is 1. The van der Waals surface area contributed by atoms with Crippen LogP contribution in [0.4, 0.5) is 0 Å². The quantitative estimate of drug-likeness (QED) is 0.614. The normalized spacial score (nSPS) is 13.6. The molecular weight excluding hydrogens is 338 g/mol. The van der Waals surface area contributed by atoms with Gasteiger partial charge in [-0.1, -0.05) is 41.9 Å². The molecule has 0 bridgehead atoms. The molecular formula is C19H22ClN3O2. The third-order valence-electron chi connectivity index (χ3n) is 3.90. The van der Waals surface area contributed by atoms with Crippen LogP contribution >= 0.6 is 11.6 Å². The van der Waals surface area contributed by atoms with Gasteiger partial charge in [0, 0.05) is 13.1 Å². The third kappa shape index (κ3) is 5.03. The Morgan fingerprint density at radius 3 is 2.72 bits per heavy atom. The lowest BCUT2D eigenvalue weighted by Gasteiger charge is -2.20. The van der Waals surface area contributed by atoms with Crippen molar-refractivity contribution in [1.29, 1.82) is 0 Å². The van der Waals surface area contributed by atoms with Crippen molar-refractivity contribution in [2.24, 2.45) is 10.7 Å². The molecule has 3 N–H and O–H groups in total. The van der Waals surface area contributed by atoms with Gasteiger partial charge in [-0.05, 0) is 36.1 Å². The van der Waals surface area contributed by atoms with Crippen LogP contribution in [0.5, 0.6) is 11.5 Å². The van der Waals surface area contributed by atoms with Crippen molar-refractivity contribution in [3.63, 3.8) is 0 Å². The smallest absolute Gasteiger partial charge is 0.188 e. The molecule has 0 aliphatic carbocycles. The van der Waals surface area contributed by atoms with Crippen LogP contribution in [-0.2, 0) is 12.8 Å². The molecule has 25 heavy (non-hydrogen) atoms. The van der Waals surface area contributed by atoms with Crippen LogP contribution in [0.25, 0.3) is 0 Å². The van der Waals surface area contributed by atoms with Crippen LogP contribution in [0.1, 0.15) is 11.1 Å². The highest BCUT2D eigenvalue weighted by Crippen LogP contribution is 2.38. The van der Waals surface area contributed by atoms with Crippen molar-refractivity contribution in [2.75, 3.05) is 26.3 Å². The Kier molecular flexibility index (Phi) is 6.01. The van der Waals surface area contributed by atoms with Crippen LogP contribution in [0, 0.1) is 0 Å². The predicted octanol–water partition coefficient (Wildman–Crippen LogP) is 2.80. The number of fused-ring (bicyclic) bond motifs is 1. The number of hydrogen-bond donors (Lipinski definition) is 2. The van der Waals surface area contributed by atoms with Gasteiger partial charge in [-0.2, -0.15) is 0 Å². The van der Waals surface area contributed by atoms with Gasteiger partial charge in [-0.15, -0.1) is 0 Å². The standard InChI is InChI=1S/C19H22ClN3O2/c20-16-12-15(13-17-18(16)25-11-10-24-17)7-9-23-19(21)22-8-6-14-4-2-1-3-5-14/h1-5,12-13H,6-11H2,(H3,21,22,23). The van der Waals surface area contributed by atoms with E-state index in [1.165, 1.54) is 5.56 Å². The van der Waals surface area contributed by atoms with Crippen LogP contribution in [0.2, 0.25) is 5.02 Å². The molecule has 6 heteroatoms. The molecule has 1 aliphatic heterocycles. The Morgan fingerprint density at radius 1 is 1.08 bits per heavy atom. The van der Waals surface area contributed by atoms with E-state index in [0.717, 1.165) is 18.4 Å². The highest BCUT2D eigenvalue weighted by molar-refractivity contribution is 6.32. The van der Waals surface area contributed by atoms with Gasteiger partial charge in [-0.25, -0.2) is 0 Å². The largest absolute Gasteiger partial charge is 0.486 e. The molecule has 0 saturated heterocycles. The Labute approximate surface area is 152 Å². The average molecular weight is 360 g/mol. The number of halogens is 1. The summed E-state index contributed by atoms with van der Waals surface area (Å²) >= 11 is 6.24. The molecule has 0 atom stereocenters. The molecule has 5 nitrogen and oxygen atoms in total. The average Bonchev–Trinajstić information content (AvgIpc) is 2.63. The zero-order valence-corrected chi connectivity index (χ0v) is 14.8. The molecule has 2 aromatic rings. The van der Waals surface area contributed by atoms with Gasteiger partial charge in [0.2, 0.25) is 0 Å². The first-order valence-electron chi connectivity index (χ1n) is 8.38. The summed E-state index contributed by atoms with van der Waals surface area (Å²) < 4.78 is 11.1. The Bertz CT molecular complexity index is 735. The van der Waals surface area contributed by atoms with Crippen LogP contribution in [0.3, 0.4) is 0 Å². The van der Waals surface area contributed by atoms with Gasteiger partial charge in [0.05, 0.1) is 5.02 Å². The molecule has 1 aliphatic rings. The van der Waals surface area contributed by atoms with Crippen LogP contribution < -0.4 is 20.5 Å². The highest BCUT2D eigenvalue weighted by Gasteiger charge is 2.16. The summed E-state index contributed by atoms with van der Waals surface area (Å²) in [5.74, 6) is 1.80. The lowest BCUT2D eigenvalue weighted by atomic mass is 10.1. The summed E-state index contributed by atoms with van der Waals surface area (Å²) in [6.07, 6.45) is 1.65. The number of ether oxygens (including phenoxy) is 2. The molecule has 0 spiro atoms. The number of hydrogen-bond acceptors (Lipinski definition) is 3. The maximum atomic E-state index is 6.24.